The molecule has 0 aromatic carbocycles. The molecule has 2 heteroatoms. The first kappa shape index (κ1) is 11.3. The van der Waals surface area contributed by atoms with Crippen LogP contribution in [0.15, 0.2) is 0 Å². The zero-order valence-electron chi connectivity index (χ0n) is 8.13. The smallest absolute Gasteiger partial charge is 0.0127 e. The molecule has 2 N–H and O–H groups in total. The van der Waals surface area contributed by atoms with E-state index in [0.717, 1.165) is 23.3 Å². The van der Waals surface area contributed by atoms with Crippen molar-refractivity contribution in [3.63, 3.8) is 0 Å². The van der Waals surface area contributed by atoms with Gasteiger partial charge in [-0.25, -0.2) is 0 Å². The minimum absolute atomic E-state index is 0.390. The highest BCUT2D eigenvalue weighted by Crippen LogP contribution is 2.19. The Kier molecular flexibility index (Phi) is 6.06. The number of nitrogens with two attached hydrogens (primary N) is 1. The van der Waals surface area contributed by atoms with Gasteiger partial charge in [-0.2, -0.15) is 11.8 Å². The van der Waals surface area contributed by atoms with Crippen molar-refractivity contribution < 1.29 is 0 Å². The first-order valence-electron chi connectivity index (χ1n) is 4.45. The van der Waals surface area contributed by atoms with Gasteiger partial charge in [0.1, 0.15) is 0 Å². The Morgan fingerprint density at radius 1 is 1.27 bits per heavy atom. The van der Waals surface area contributed by atoms with Crippen molar-refractivity contribution in [2.75, 3.05) is 5.75 Å². The predicted octanol–water partition coefficient (Wildman–Crippen LogP) is 2.50. The summed E-state index contributed by atoms with van der Waals surface area (Å²) in [5, 5.41) is 0.743. The highest BCUT2D eigenvalue weighted by molar-refractivity contribution is 7.99. The Morgan fingerprint density at radius 2 is 1.82 bits per heavy atom. The molecule has 0 aliphatic rings. The molecule has 11 heavy (non-hydrogen) atoms. The van der Waals surface area contributed by atoms with Crippen molar-refractivity contribution in [1.82, 2.24) is 0 Å². The maximum atomic E-state index is 5.80. The van der Waals surface area contributed by atoms with E-state index in [1.165, 1.54) is 0 Å². The van der Waals surface area contributed by atoms with Gasteiger partial charge in [0.2, 0.25) is 0 Å². The highest BCUT2D eigenvalue weighted by atomic mass is 32.2. The van der Waals surface area contributed by atoms with Gasteiger partial charge in [-0.3, -0.25) is 0 Å². The minimum atomic E-state index is 0.390. The van der Waals surface area contributed by atoms with Crippen LogP contribution < -0.4 is 5.73 Å². The monoisotopic (exact) mass is 175 g/mol. The lowest BCUT2D eigenvalue weighted by atomic mass is 10.2. The van der Waals surface area contributed by atoms with Crippen molar-refractivity contribution in [3.05, 3.63) is 0 Å². The topological polar surface area (TPSA) is 26.0 Å². The van der Waals surface area contributed by atoms with Crippen LogP contribution in [0.1, 0.15) is 34.1 Å². The number of hydrogen-bond donors (Lipinski definition) is 1. The van der Waals surface area contributed by atoms with Crippen molar-refractivity contribution in [2.24, 2.45) is 11.7 Å². The van der Waals surface area contributed by atoms with E-state index in [1.807, 2.05) is 11.8 Å². The lowest BCUT2D eigenvalue weighted by Gasteiger charge is -2.16. The van der Waals surface area contributed by atoms with Gasteiger partial charge in [0, 0.05) is 17.0 Å². The Bertz CT molecular complexity index is 93.6. The number of thioether (sulfide) groups is 1. The molecule has 0 aromatic rings. The van der Waals surface area contributed by atoms with Crippen LogP contribution in [0.25, 0.3) is 0 Å². The van der Waals surface area contributed by atoms with Crippen LogP contribution in [0.2, 0.25) is 0 Å². The van der Waals surface area contributed by atoms with E-state index in [4.69, 9.17) is 5.73 Å². The van der Waals surface area contributed by atoms with E-state index in [0.29, 0.717) is 6.04 Å². The van der Waals surface area contributed by atoms with Crippen molar-refractivity contribution in [2.45, 2.75) is 45.4 Å². The molecule has 0 radical (unpaired) electrons. The van der Waals surface area contributed by atoms with E-state index < -0.39 is 0 Å². The third-order valence-electron chi connectivity index (χ3n) is 2.04. The van der Waals surface area contributed by atoms with Crippen LogP contribution in [0.4, 0.5) is 0 Å². The van der Waals surface area contributed by atoms with Gasteiger partial charge >= 0.3 is 0 Å². The van der Waals surface area contributed by atoms with E-state index in [1.54, 1.807) is 0 Å². The lowest BCUT2D eigenvalue weighted by molar-refractivity contribution is 0.638. The zero-order chi connectivity index (χ0) is 8.85. The molecule has 68 valence electrons. The van der Waals surface area contributed by atoms with Crippen LogP contribution in [0.5, 0.6) is 0 Å². The summed E-state index contributed by atoms with van der Waals surface area (Å²) < 4.78 is 0. The molecular weight excluding hydrogens is 154 g/mol. The Morgan fingerprint density at radius 3 is 2.18 bits per heavy atom. The molecule has 1 nitrogen and oxygen atoms in total. The van der Waals surface area contributed by atoms with Crippen LogP contribution in [-0.2, 0) is 0 Å². The highest BCUT2D eigenvalue weighted by Gasteiger charge is 2.08. The molecule has 0 saturated carbocycles. The Labute approximate surface area is 75.1 Å². The average molecular weight is 175 g/mol. The molecule has 0 rings (SSSR count). The summed E-state index contributed by atoms with van der Waals surface area (Å²) in [7, 11) is 0. The summed E-state index contributed by atoms with van der Waals surface area (Å²) in [6.07, 6.45) is 1.10. The SMILES string of the molecule is CCC(N)CSC(C)C(C)C. The Balaban J connectivity index is 3.37. The quantitative estimate of drug-likeness (QED) is 0.695. The molecule has 0 fully saturated rings. The largest absolute Gasteiger partial charge is 0.327 e. The molecule has 0 saturated heterocycles. The van der Waals surface area contributed by atoms with Crippen molar-refractivity contribution >= 4 is 11.8 Å². The third-order valence-corrected chi connectivity index (χ3v) is 3.73. The molecular formula is C9H21NS. The fourth-order valence-electron chi connectivity index (χ4n) is 0.586. The van der Waals surface area contributed by atoms with Crippen molar-refractivity contribution in [1.29, 1.82) is 0 Å². The summed E-state index contributed by atoms with van der Waals surface area (Å²) in [6, 6.07) is 0.390. The second-order valence-corrected chi connectivity index (χ2v) is 4.86. The molecule has 0 aliphatic heterocycles. The molecule has 0 heterocycles. The summed E-state index contributed by atoms with van der Waals surface area (Å²) >= 11 is 1.99. The molecule has 0 aliphatic carbocycles. The van der Waals surface area contributed by atoms with Crippen LogP contribution in [0, 0.1) is 5.92 Å². The van der Waals surface area contributed by atoms with Gasteiger partial charge in [-0.1, -0.05) is 27.7 Å². The summed E-state index contributed by atoms with van der Waals surface area (Å²) in [4.78, 5) is 0. The third kappa shape index (κ3) is 5.57. The summed E-state index contributed by atoms with van der Waals surface area (Å²) in [5.41, 5.74) is 5.80. The minimum Gasteiger partial charge on any atom is -0.327 e. The van der Waals surface area contributed by atoms with Gasteiger partial charge in [0.25, 0.3) is 0 Å². The number of hydrogen-bond acceptors (Lipinski definition) is 2. The van der Waals surface area contributed by atoms with E-state index >= 15 is 0 Å². The molecule has 0 aromatic heterocycles. The maximum Gasteiger partial charge on any atom is 0.0127 e. The fourth-order valence-corrected chi connectivity index (χ4v) is 1.76. The van der Waals surface area contributed by atoms with E-state index in [-0.39, 0.29) is 0 Å². The standard InChI is InChI=1S/C9H21NS/c1-5-9(10)6-11-8(4)7(2)3/h7-9H,5-6,10H2,1-4H3. The Hall–Kier alpha value is 0.310. The van der Waals surface area contributed by atoms with Crippen LogP contribution in [-0.4, -0.2) is 17.0 Å². The molecule has 0 amide bonds. The molecule has 2 unspecified atom stereocenters. The first-order valence-corrected chi connectivity index (χ1v) is 5.50. The lowest BCUT2D eigenvalue weighted by Crippen LogP contribution is -2.23. The molecule has 2 atom stereocenters. The van der Waals surface area contributed by atoms with Gasteiger partial charge < -0.3 is 5.73 Å². The van der Waals surface area contributed by atoms with Crippen molar-refractivity contribution in [3.8, 4) is 0 Å². The van der Waals surface area contributed by atoms with Gasteiger partial charge in [0.15, 0.2) is 0 Å². The van der Waals surface area contributed by atoms with Crippen LogP contribution in [0.3, 0.4) is 0 Å². The molecule has 0 spiro atoms. The predicted molar refractivity (Wildman–Crippen MR) is 55.0 cm³/mol. The average Bonchev–Trinajstić information content (AvgIpc) is 1.99. The second kappa shape index (κ2) is 5.90. The van der Waals surface area contributed by atoms with E-state index in [9.17, 15) is 0 Å². The maximum absolute atomic E-state index is 5.80. The molecule has 0 bridgehead atoms. The van der Waals surface area contributed by atoms with Gasteiger partial charge in [-0.15, -0.1) is 0 Å². The van der Waals surface area contributed by atoms with Crippen LogP contribution >= 0.6 is 11.8 Å². The second-order valence-electron chi connectivity index (χ2n) is 3.45. The van der Waals surface area contributed by atoms with Gasteiger partial charge in [0.05, 0.1) is 0 Å². The summed E-state index contributed by atoms with van der Waals surface area (Å²) in [6.45, 7) is 8.94. The fraction of sp³-hybridized carbons (Fsp3) is 1.00. The first-order chi connectivity index (χ1) is 5.07. The summed E-state index contributed by atoms with van der Waals surface area (Å²) in [5.74, 6) is 1.87. The number of rotatable bonds is 5. The van der Waals surface area contributed by atoms with E-state index in [2.05, 4.69) is 27.7 Å². The zero-order valence-corrected chi connectivity index (χ0v) is 8.95. The normalized spacial score (nSPS) is 16.9. The van der Waals surface area contributed by atoms with Gasteiger partial charge in [-0.05, 0) is 12.3 Å².